The van der Waals surface area contributed by atoms with Gasteiger partial charge in [-0.1, -0.05) is 26.2 Å². The third kappa shape index (κ3) is 11.4. The molecule has 0 amide bonds. The Morgan fingerprint density at radius 2 is 1.50 bits per heavy atom. The lowest BCUT2D eigenvalue weighted by molar-refractivity contribution is -0.387. The van der Waals surface area contributed by atoms with Gasteiger partial charge in [0.05, 0.1) is 0 Å². The van der Waals surface area contributed by atoms with E-state index in [9.17, 15) is 24.3 Å². The Kier molecular flexibility index (Phi) is 15.0. The van der Waals surface area contributed by atoms with Crippen molar-refractivity contribution in [1.82, 2.24) is 0 Å². The van der Waals surface area contributed by atoms with Gasteiger partial charge in [0.25, 0.3) is 5.79 Å². The Hall–Kier alpha value is -1.89. The van der Waals surface area contributed by atoms with Crippen molar-refractivity contribution in [2.75, 3.05) is 24.7 Å². The van der Waals surface area contributed by atoms with Gasteiger partial charge >= 0.3 is 23.9 Å². The molecule has 12 heteroatoms. The number of hydrogen-bond acceptors (Lipinski definition) is 12. The lowest BCUT2D eigenvalue weighted by atomic mass is 9.94. The Labute approximate surface area is 216 Å². The van der Waals surface area contributed by atoms with E-state index in [1.807, 2.05) is 11.8 Å². The van der Waals surface area contributed by atoms with Crippen molar-refractivity contribution < 1.29 is 52.7 Å². The number of carbonyl (C=O) groups is 4. The van der Waals surface area contributed by atoms with Crippen LogP contribution in [0.3, 0.4) is 0 Å². The first kappa shape index (κ1) is 32.1. The molecule has 0 aromatic heterocycles. The maximum Gasteiger partial charge on any atom is 0.305 e. The molecule has 0 aromatic rings. The van der Waals surface area contributed by atoms with Crippen molar-refractivity contribution in [2.24, 2.45) is 0 Å². The molecule has 1 fully saturated rings. The first-order valence-electron chi connectivity index (χ1n) is 12.3. The summed E-state index contributed by atoms with van der Waals surface area (Å²) in [7, 11) is 0. The SMILES string of the molecule is CCCCSCCCCCCO[C@@H]1OC(COC(C)=O)[C@@](O)(OC(C)=O)[C@H](OC(C)=O)C1OC(C)=O. The topological polar surface area (TPSA) is 144 Å². The molecule has 0 saturated carbocycles. The highest BCUT2D eigenvalue weighted by Gasteiger charge is 2.62. The zero-order valence-corrected chi connectivity index (χ0v) is 22.6. The van der Waals surface area contributed by atoms with Gasteiger partial charge in [-0.05, 0) is 30.8 Å². The fourth-order valence-electron chi connectivity index (χ4n) is 3.58. The van der Waals surface area contributed by atoms with Crippen LogP contribution < -0.4 is 0 Å². The zero-order chi connectivity index (χ0) is 27.1. The molecule has 36 heavy (non-hydrogen) atoms. The number of hydrogen-bond donors (Lipinski definition) is 1. The Morgan fingerprint density at radius 3 is 2.08 bits per heavy atom. The van der Waals surface area contributed by atoms with Gasteiger partial charge in [0.1, 0.15) is 6.61 Å². The molecule has 1 heterocycles. The van der Waals surface area contributed by atoms with Crippen LogP contribution in [0.15, 0.2) is 0 Å². The number of esters is 4. The summed E-state index contributed by atoms with van der Waals surface area (Å²) in [5.41, 5.74) is 0. The van der Waals surface area contributed by atoms with Crippen molar-refractivity contribution in [3.8, 4) is 0 Å². The molecule has 5 atom stereocenters. The number of carbonyl (C=O) groups excluding carboxylic acids is 4. The van der Waals surface area contributed by atoms with Crippen LogP contribution in [-0.4, -0.2) is 84.1 Å². The van der Waals surface area contributed by atoms with Gasteiger partial charge in [0, 0.05) is 34.3 Å². The second kappa shape index (κ2) is 16.8. The molecule has 11 nitrogen and oxygen atoms in total. The van der Waals surface area contributed by atoms with Crippen LogP contribution in [-0.2, 0) is 47.6 Å². The van der Waals surface area contributed by atoms with Crippen LogP contribution >= 0.6 is 11.8 Å². The van der Waals surface area contributed by atoms with Gasteiger partial charge in [0.2, 0.25) is 6.10 Å². The van der Waals surface area contributed by atoms with E-state index in [2.05, 4.69) is 6.92 Å². The van der Waals surface area contributed by atoms with Crippen LogP contribution in [0.5, 0.6) is 0 Å². The molecule has 0 radical (unpaired) electrons. The number of aliphatic hydroxyl groups is 1. The lowest BCUT2D eigenvalue weighted by Crippen LogP contribution is -2.70. The Bertz CT molecular complexity index is 716. The lowest BCUT2D eigenvalue weighted by Gasteiger charge is -2.48. The van der Waals surface area contributed by atoms with Gasteiger partial charge in [0.15, 0.2) is 18.5 Å². The predicted molar refractivity (Wildman–Crippen MR) is 130 cm³/mol. The van der Waals surface area contributed by atoms with Crippen molar-refractivity contribution >= 4 is 35.6 Å². The quantitative estimate of drug-likeness (QED) is 0.134. The summed E-state index contributed by atoms with van der Waals surface area (Å²) in [6.45, 7) is 6.23. The van der Waals surface area contributed by atoms with Crippen molar-refractivity contribution in [2.45, 2.75) is 104 Å². The molecular weight excluding hydrogens is 496 g/mol. The molecule has 1 saturated heterocycles. The van der Waals surface area contributed by atoms with E-state index in [0.29, 0.717) is 6.42 Å². The highest BCUT2D eigenvalue weighted by Crippen LogP contribution is 2.36. The maximum absolute atomic E-state index is 11.9. The van der Waals surface area contributed by atoms with E-state index < -0.39 is 60.9 Å². The van der Waals surface area contributed by atoms with Crippen molar-refractivity contribution in [1.29, 1.82) is 0 Å². The second-order valence-corrected chi connectivity index (χ2v) is 9.72. The summed E-state index contributed by atoms with van der Waals surface area (Å²) in [5, 5.41) is 11.3. The Balaban J connectivity index is 2.94. The number of thioether (sulfide) groups is 1. The fraction of sp³-hybridized carbons (Fsp3) is 0.833. The third-order valence-corrected chi connectivity index (χ3v) is 6.34. The number of rotatable bonds is 16. The van der Waals surface area contributed by atoms with Crippen LogP contribution in [0.25, 0.3) is 0 Å². The van der Waals surface area contributed by atoms with Gasteiger partial charge < -0.3 is 33.5 Å². The first-order chi connectivity index (χ1) is 17.0. The summed E-state index contributed by atoms with van der Waals surface area (Å²) < 4.78 is 32.1. The first-order valence-corrected chi connectivity index (χ1v) is 13.4. The van der Waals surface area contributed by atoms with E-state index in [1.165, 1.54) is 18.6 Å². The zero-order valence-electron chi connectivity index (χ0n) is 21.8. The molecule has 0 aromatic carbocycles. The van der Waals surface area contributed by atoms with Gasteiger partial charge in [-0.2, -0.15) is 11.8 Å². The minimum atomic E-state index is -2.62. The minimum Gasteiger partial charge on any atom is -0.463 e. The van der Waals surface area contributed by atoms with E-state index in [4.69, 9.17) is 28.4 Å². The molecule has 0 aliphatic carbocycles. The largest absolute Gasteiger partial charge is 0.463 e. The van der Waals surface area contributed by atoms with E-state index >= 15 is 0 Å². The highest BCUT2D eigenvalue weighted by molar-refractivity contribution is 7.99. The summed E-state index contributed by atoms with van der Waals surface area (Å²) in [6.07, 6.45) is 0.182. The second-order valence-electron chi connectivity index (χ2n) is 8.50. The minimum absolute atomic E-state index is 0.227. The molecule has 0 spiro atoms. The standard InChI is InChI=1S/C24H40O11S/c1-6-7-13-36-14-11-9-8-10-12-30-23-21(32-17(3)26)22(33-18(4)27)24(29,35-19(5)28)20(34-23)15-31-16(2)25/h20-23,29H,6-15H2,1-5H3/t20?,21?,22-,23-,24-/m1/s1. The fourth-order valence-corrected chi connectivity index (χ4v) is 4.69. The maximum atomic E-state index is 11.9. The molecule has 0 bridgehead atoms. The van der Waals surface area contributed by atoms with Crippen LogP contribution in [0.4, 0.5) is 0 Å². The normalized spacial score (nSPS) is 25.6. The predicted octanol–water partition coefficient (Wildman–Crippen LogP) is 2.50. The average molecular weight is 537 g/mol. The molecule has 2 unspecified atom stereocenters. The molecule has 1 N–H and O–H groups in total. The van der Waals surface area contributed by atoms with Crippen molar-refractivity contribution in [3.05, 3.63) is 0 Å². The molecular formula is C24H40O11S. The van der Waals surface area contributed by atoms with Crippen molar-refractivity contribution in [3.63, 3.8) is 0 Å². The summed E-state index contributed by atoms with van der Waals surface area (Å²) in [6, 6.07) is 0. The van der Waals surface area contributed by atoms with E-state index in [0.717, 1.165) is 52.7 Å². The third-order valence-electron chi connectivity index (χ3n) is 5.18. The smallest absolute Gasteiger partial charge is 0.305 e. The highest BCUT2D eigenvalue weighted by atomic mass is 32.2. The molecule has 1 rings (SSSR count). The van der Waals surface area contributed by atoms with Crippen LogP contribution in [0, 0.1) is 0 Å². The monoisotopic (exact) mass is 536 g/mol. The summed E-state index contributed by atoms with van der Waals surface area (Å²) in [4.78, 5) is 46.9. The van der Waals surface area contributed by atoms with Gasteiger partial charge in [-0.3, -0.25) is 19.2 Å². The summed E-state index contributed by atoms with van der Waals surface area (Å²) in [5.74, 6) is -3.56. The summed E-state index contributed by atoms with van der Waals surface area (Å²) >= 11 is 1.95. The van der Waals surface area contributed by atoms with E-state index in [-0.39, 0.29) is 6.61 Å². The molecule has 1 aliphatic rings. The van der Waals surface area contributed by atoms with Crippen LogP contribution in [0.1, 0.15) is 73.1 Å². The van der Waals surface area contributed by atoms with Gasteiger partial charge in [-0.15, -0.1) is 0 Å². The van der Waals surface area contributed by atoms with E-state index in [1.54, 1.807) is 0 Å². The Morgan fingerprint density at radius 1 is 0.861 bits per heavy atom. The average Bonchev–Trinajstić information content (AvgIpc) is 2.77. The van der Waals surface area contributed by atoms with Crippen LogP contribution in [0.2, 0.25) is 0 Å². The number of unbranched alkanes of at least 4 members (excludes halogenated alkanes) is 4. The molecule has 1 aliphatic heterocycles. The molecule has 208 valence electrons. The number of ether oxygens (including phenoxy) is 6. The van der Waals surface area contributed by atoms with Gasteiger partial charge in [-0.25, -0.2) is 0 Å².